The molecule has 0 amide bonds. The third-order valence-corrected chi connectivity index (χ3v) is 4.38. The van der Waals surface area contributed by atoms with Crippen LogP contribution in [0.2, 0.25) is 0 Å². The molecule has 0 spiro atoms. The molecule has 0 aliphatic rings. The Morgan fingerprint density at radius 3 is 2.57 bits per heavy atom. The fraction of sp³-hybridized carbons (Fsp3) is 0.750. The summed E-state index contributed by atoms with van der Waals surface area (Å²) in [5, 5.41) is 0.681. The van der Waals surface area contributed by atoms with Crippen LogP contribution in [0.5, 0.6) is 0 Å². The molecule has 0 nitrogen and oxygen atoms in total. The van der Waals surface area contributed by atoms with E-state index in [2.05, 4.69) is 42.9 Å². The molecule has 2 heteroatoms. The standard InChI is InChI=1S/C12H22SSe/c1-5-7-9-11(8-6-2)12(14)13-10(3)4/h6,10-11H,2,5,7-9H2,1,3-4H3. The van der Waals surface area contributed by atoms with E-state index in [9.17, 15) is 0 Å². The minimum atomic E-state index is 0.681. The van der Waals surface area contributed by atoms with Crippen LogP contribution >= 0.6 is 11.8 Å². The Morgan fingerprint density at radius 1 is 1.50 bits per heavy atom. The number of thioether (sulfide) groups is 1. The number of hydrogen-bond acceptors (Lipinski definition) is 1. The molecule has 0 N–H and O–H groups in total. The third kappa shape index (κ3) is 6.86. The normalized spacial score (nSPS) is 12.9. The number of unbranched alkanes of at least 4 members (excludes halogenated alkanes) is 1. The molecule has 0 heterocycles. The first-order valence-electron chi connectivity index (χ1n) is 5.43. The van der Waals surface area contributed by atoms with Crippen LogP contribution in [0, 0.1) is 5.92 Å². The van der Waals surface area contributed by atoms with Crippen LogP contribution in [-0.4, -0.2) is 24.6 Å². The van der Waals surface area contributed by atoms with Crippen LogP contribution in [0.3, 0.4) is 0 Å². The van der Waals surface area contributed by atoms with Gasteiger partial charge in [0.15, 0.2) is 0 Å². The van der Waals surface area contributed by atoms with Gasteiger partial charge in [-0.3, -0.25) is 0 Å². The monoisotopic (exact) mass is 278 g/mol. The van der Waals surface area contributed by atoms with Gasteiger partial charge >= 0.3 is 101 Å². The fourth-order valence-corrected chi connectivity index (χ4v) is 3.84. The van der Waals surface area contributed by atoms with Gasteiger partial charge in [-0.2, -0.15) is 0 Å². The summed E-state index contributed by atoms with van der Waals surface area (Å²) in [6.45, 7) is 10.6. The predicted octanol–water partition coefficient (Wildman–Crippen LogP) is 3.81. The summed E-state index contributed by atoms with van der Waals surface area (Å²) in [5.41, 5.74) is 0. The van der Waals surface area contributed by atoms with Crippen molar-refractivity contribution < 1.29 is 0 Å². The van der Waals surface area contributed by atoms with Crippen molar-refractivity contribution in [1.29, 1.82) is 0 Å². The van der Waals surface area contributed by atoms with Crippen LogP contribution < -0.4 is 0 Å². The summed E-state index contributed by atoms with van der Waals surface area (Å²) in [7, 11) is 0. The summed E-state index contributed by atoms with van der Waals surface area (Å²) >= 11 is 5.20. The first-order chi connectivity index (χ1) is 6.61. The molecule has 0 aromatic rings. The summed E-state index contributed by atoms with van der Waals surface area (Å²) in [6.07, 6.45) is 7.06. The molecular weight excluding hydrogens is 255 g/mol. The molecule has 0 saturated heterocycles. The zero-order valence-corrected chi connectivity index (χ0v) is 12.1. The Labute approximate surface area is 101 Å². The maximum absolute atomic E-state index is 3.83. The van der Waals surface area contributed by atoms with E-state index in [1.807, 2.05) is 17.8 Å². The average molecular weight is 277 g/mol. The maximum atomic E-state index is 3.83. The topological polar surface area (TPSA) is 0 Å². The molecule has 0 aromatic carbocycles. The van der Waals surface area contributed by atoms with Gasteiger partial charge in [0.05, 0.1) is 0 Å². The minimum absolute atomic E-state index is 0.681. The Morgan fingerprint density at radius 2 is 2.14 bits per heavy atom. The summed E-state index contributed by atoms with van der Waals surface area (Å²) in [4.78, 5) is 0. The molecule has 0 bridgehead atoms. The van der Waals surface area contributed by atoms with E-state index in [1.165, 1.54) is 23.0 Å². The van der Waals surface area contributed by atoms with Crippen LogP contribution in [0.15, 0.2) is 12.7 Å². The Balaban J connectivity index is 4.03. The zero-order valence-electron chi connectivity index (χ0n) is 9.58. The van der Waals surface area contributed by atoms with Gasteiger partial charge in [0.2, 0.25) is 0 Å². The molecule has 0 radical (unpaired) electrons. The molecule has 0 aromatic heterocycles. The van der Waals surface area contributed by atoms with Crippen molar-refractivity contribution in [3.05, 3.63) is 12.7 Å². The van der Waals surface area contributed by atoms with E-state index in [1.54, 1.807) is 0 Å². The van der Waals surface area contributed by atoms with Crippen LogP contribution in [-0.2, 0) is 0 Å². The van der Waals surface area contributed by atoms with Gasteiger partial charge in [0.25, 0.3) is 0 Å². The number of rotatable bonds is 8. The van der Waals surface area contributed by atoms with Gasteiger partial charge in [-0.1, -0.05) is 0 Å². The van der Waals surface area contributed by atoms with Crippen molar-refractivity contribution in [2.24, 2.45) is 5.92 Å². The molecule has 1 unspecified atom stereocenters. The average Bonchev–Trinajstić information content (AvgIpc) is 2.10. The Bertz CT molecular complexity index is 175. The zero-order chi connectivity index (χ0) is 11.0. The molecule has 1 atom stereocenters. The van der Waals surface area contributed by atoms with E-state index in [0.29, 0.717) is 11.2 Å². The molecule has 0 aliphatic carbocycles. The van der Waals surface area contributed by atoms with Crippen molar-refractivity contribution in [1.82, 2.24) is 0 Å². The second-order valence-corrected chi connectivity index (χ2v) is 6.97. The first-order valence-corrected chi connectivity index (χ1v) is 7.16. The second-order valence-electron chi connectivity index (χ2n) is 3.85. The molecule has 82 valence electrons. The molecule has 0 aliphatic heterocycles. The SMILES string of the molecule is C=CCC(CCCC)C(=[Se])SC(C)C. The van der Waals surface area contributed by atoms with Crippen LogP contribution in [0.25, 0.3) is 0 Å². The van der Waals surface area contributed by atoms with Gasteiger partial charge in [-0.15, -0.1) is 0 Å². The number of allylic oxidation sites excluding steroid dienone is 1. The van der Waals surface area contributed by atoms with Gasteiger partial charge in [-0.05, 0) is 0 Å². The van der Waals surface area contributed by atoms with Gasteiger partial charge < -0.3 is 0 Å². The quantitative estimate of drug-likeness (QED) is 0.480. The predicted molar refractivity (Wildman–Crippen MR) is 71.3 cm³/mol. The molecule has 0 fully saturated rings. The van der Waals surface area contributed by atoms with Crippen molar-refractivity contribution >= 4 is 31.1 Å². The van der Waals surface area contributed by atoms with Gasteiger partial charge in [-0.25, -0.2) is 0 Å². The van der Waals surface area contributed by atoms with Crippen molar-refractivity contribution in [2.45, 2.75) is 51.7 Å². The molecular formula is C12H22SSe. The van der Waals surface area contributed by atoms with Crippen LogP contribution in [0.1, 0.15) is 46.5 Å². The van der Waals surface area contributed by atoms with Gasteiger partial charge in [0, 0.05) is 0 Å². The summed E-state index contributed by atoms with van der Waals surface area (Å²) < 4.78 is 1.47. The molecule has 14 heavy (non-hydrogen) atoms. The van der Waals surface area contributed by atoms with Crippen molar-refractivity contribution in [3.8, 4) is 0 Å². The van der Waals surface area contributed by atoms with Crippen LogP contribution in [0.4, 0.5) is 0 Å². The van der Waals surface area contributed by atoms with E-state index >= 15 is 0 Å². The summed E-state index contributed by atoms with van der Waals surface area (Å²) in [5.74, 6) is 0.694. The van der Waals surface area contributed by atoms with E-state index < -0.39 is 0 Å². The molecule has 0 saturated carbocycles. The second kappa shape index (κ2) is 8.76. The molecule has 0 rings (SSSR count). The Hall–Kier alpha value is 0.479. The van der Waals surface area contributed by atoms with E-state index in [4.69, 9.17) is 0 Å². The van der Waals surface area contributed by atoms with Gasteiger partial charge in [0.1, 0.15) is 0 Å². The fourth-order valence-electron chi connectivity index (χ4n) is 1.31. The number of hydrogen-bond donors (Lipinski definition) is 0. The Kier molecular flexibility index (Phi) is 9.06. The first kappa shape index (κ1) is 14.5. The van der Waals surface area contributed by atoms with Crippen molar-refractivity contribution in [3.63, 3.8) is 0 Å². The summed E-state index contributed by atoms with van der Waals surface area (Å²) in [6, 6.07) is 0. The third-order valence-electron chi connectivity index (χ3n) is 2.04. The van der Waals surface area contributed by atoms with E-state index in [0.717, 1.165) is 6.42 Å². The van der Waals surface area contributed by atoms with E-state index in [-0.39, 0.29) is 0 Å². The van der Waals surface area contributed by atoms with Crippen molar-refractivity contribution in [2.75, 3.05) is 0 Å².